The zero-order chi connectivity index (χ0) is 10.3. The fourth-order valence-electron chi connectivity index (χ4n) is 2.16. The topological polar surface area (TPSA) is 70.0 Å². The van der Waals surface area contributed by atoms with Crippen LogP contribution in [0.25, 0.3) is 12.7 Å². The number of fused-ring (bicyclic) bond motifs is 2. The molecule has 20 heavy (non-hydrogen) atoms. The quantitative estimate of drug-likeness (QED) is 0.609. The average Bonchev–Trinajstić information content (AvgIpc) is 2.26. The summed E-state index contributed by atoms with van der Waals surface area (Å²) in [5.74, 6) is 0. The first-order chi connectivity index (χ1) is 7.33. The van der Waals surface area contributed by atoms with Gasteiger partial charge in [0, 0.05) is 0 Å². The Morgan fingerprint density at radius 1 is 0.900 bits per heavy atom. The van der Waals surface area contributed by atoms with E-state index in [2.05, 4.69) is 55.1 Å². The van der Waals surface area contributed by atoms with Gasteiger partial charge in [-0.05, 0) is 39.6 Å². The summed E-state index contributed by atoms with van der Waals surface area (Å²) in [5, 5.41) is 2.43. The van der Waals surface area contributed by atoms with Crippen LogP contribution in [0.5, 0.6) is 0 Å². The van der Waals surface area contributed by atoms with Crippen LogP contribution in [0.2, 0.25) is 0 Å². The number of benzene rings is 2. The molecule has 0 fully saturated rings. The van der Waals surface area contributed by atoms with Crippen molar-refractivity contribution in [3.05, 3.63) is 69.6 Å². The minimum Gasteiger partial charge on any atom is -1.00 e. The third kappa shape index (κ3) is 4.39. The molecule has 112 valence electrons. The van der Waals surface area contributed by atoms with E-state index in [1.807, 2.05) is 0 Å². The molecule has 0 bridgehead atoms. The highest BCUT2D eigenvalue weighted by atomic mass is 35.5. The van der Waals surface area contributed by atoms with Gasteiger partial charge in [-0.3, -0.25) is 0 Å². The second-order valence-electron chi connectivity index (χ2n) is 4.05. The number of rotatable bonds is 0. The summed E-state index contributed by atoms with van der Waals surface area (Å²) in [6, 6.07) is 15.0. The molecule has 1 aliphatic rings. The second kappa shape index (κ2) is 9.61. The third-order valence-corrected chi connectivity index (χ3v) is 2.95. The van der Waals surface area contributed by atoms with E-state index in [0.717, 1.165) is 11.6 Å². The Hall–Kier alpha value is -1.26. The van der Waals surface area contributed by atoms with E-state index in [4.69, 9.17) is 0 Å². The molecule has 0 radical (unpaired) electrons. The summed E-state index contributed by atoms with van der Waals surface area (Å²) < 4.78 is 0. The van der Waals surface area contributed by atoms with Crippen LogP contribution >= 0.6 is 13.5 Å². The highest BCUT2D eigenvalue weighted by molar-refractivity contribution is 7.59. The minimum atomic E-state index is 0. The van der Waals surface area contributed by atoms with Gasteiger partial charge in [0.1, 0.15) is 0 Å². The first-order valence-corrected chi connectivity index (χ1v) is 5.20. The molecule has 3 rings (SSSR count). The molecule has 0 spiro atoms. The highest BCUT2D eigenvalue weighted by Crippen LogP contribution is 2.16. The number of hydrogen-bond donors (Lipinski definition) is 2. The first-order valence-electron chi connectivity index (χ1n) is 5.20. The molecule has 0 saturated carbocycles. The summed E-state index contributed by atoms with van der Waals surface area (Å²) in [4.78, 5) is 0. The summed E-state index contributed by atoms with van der Waals surface area (Å²) in [7, 11) is 0. The van der Waals surface area contributed by atoms with E-state index in [0.29, 0.717) is 0 Å². The van der Waals surface area contributed by atoms with Crippen LogP contribution in [0.15, 0.2) is 42.5 Å². The van der Waals surface area contributed by atoms with Gasteiger partial charge in [-0.2, -0.15) is 13.5 Å². The van der Waals surface area contributed by atoms with E-state index in [-0.39, 0.29) is 45.6 Å². The maximum atomic E-state index is 3.97. The Kier molecular flexibility index (Phi) is 11.4. The molecule has 0 unspecified atom stereocenters. The van der Waals surface area contributed by atoms with Crippen LogP contribution < -0.4 is 35.1 Å². The van der Waals surface area contributed by atoms with Crippen molar-refractivity contribution in [2.45, 2.75) is 13.8 Å². The van der Waals surface area contributed by atoms with Crippen LogP contribution in [-0.4, -0.2) is 0 Å². The molecule has 0 aromatic heterocycles. The lowest BCUT2D eigenvalue weighted by Gasteiger charge is -2.12. The second-order valence-corrected chi connectivity index (χ2v) is 4.05. The van der Waals surface area contributed by atoms with Crippen molar-refractivity contribution in [2.75, 3.05) is 0 Å². The summed E-state index contributed by atoms with van der Waals surface area (Å²) in [5.41, 5.74) is 4.15. The summed E-state index contributed by atoms with van der Waals surface area (Å²) in [6.07, 6.45) is 3.29. The van der Waals surface area contributed by atoms with Gasteiger partial charge >= 0.3 is 0 Å². The van der Waals surface area contributed by atoms with E-state index >= 15 is 0 Å². The van der Waals surface area contributed by atoms with Gasteiger partial charge in [0.25, 0.3) is 0 Å². The van der Waals surface area contributed by atoms with Crippen LogP contribution in [0.1, 0.15) is 24.1 Å². The van der Waals surface area contributed by atoms with Crippen LogP contribution in [0, 0.1) is 0 Å². The van der Waals surface area contributed by atoms with Crippen molar-refractivity contribution in [2.24, 2.45) is 0 Å². The molecule has 0 saturated heterocycles. The normalized spacial score (nSPS) is 9.40. The predicted octanol–water partition coefficient (Wildman–Crippen LogP) is -0.0932. The van der Waals surface area contributed by atoms with Crippen LogP contribution in [0.4, 0.5) is 0 Å². The lowest BCUT2D eigenvalue weighted by molar-refractivity contribution is -0.00000434. The molecule has 2 nitrogen and oxygen atoms in total. The van der Waals surface area contributed by atoms with Crippen LogP contribution in [0.3, 0.4) is 0 Å². The molecular formula is C16H24ClN2S-. The van der Waals surface area contributed by atoms with Crippen molar-refractivity contribution in [1.82, 2.24) is 12.3 Å². The van der Waals surface area contributed by atoms with E-state index in [9.17, 15) is 0 Å². The standard InChI is InChI=1S/C15H12.CH4.ClH.2H3N.H2S/c1-11-6-7-14-9-12-4-2-3-5-13(12)10-15(14)8-11;;;;;/h2-9H,1,10H2;1H4;1H;2*1H3;1H2/p-1. The molecular weight excluding hydrogens is 288 g/mol. The monoisotopic (exact) mass is 311 g/mol. The number of halogens is 1. The Bertz CT molecular complexity index is 641. The lowest BCUT2D eigenvalue weighted by atomic mass is 9.92. The van der Waals surface area contributed by atoms with Gasteiger partial charge in [0.15, 0.2) is 0 Å². The van der Waals surface area contributed by atoms with E-state index < -0.39 is 0 Å². The van der Waals surface area contributed by atoms with Crippen molar-refractivity contribution < 1.29 is 12.4 Å². The first kappa shape index (κ1) is 23.8. The van der Waals surface area contributed by atoms with Gasteiger partial charge < -0.3 is 24.7 Å². The zero-order valence-electron chi connectivity index (χ0n) is 10.8. The molecule has 2 aromatic carbocycles. The molecule has 0 atom stereocenters. The van der Waals surface area contributed by atoms with Crippen molar-refractivity contribution >= 4 is 26.2 Å². The lowest BCUT2D eigenvalue weighted by Crippen LogP contribution is -3.00. The van der Waals surface area contributed by atoms with Gasteiger partial charge in [-0.15, -0.1) is 0 Å². The van der Waals surface area contributed by atoms with Gasteiger partial charge in [0.2, 0.25) is 0 Å². The molecule has 0 aliphatic heterocycles. The highest BCUT2D eigenvalue weighted by Gasteiger charge is 2.07. The van der Waals surface area contributed by atoms with Crippen molar-refractivity contribution in [3.8, 4) is 0 Å². The fraction of sp³-hybridized carbons (Fsp3) is 0.125. The van der Waals surface area contributed by atoms with Crippen LogP contribution in [-0.2, 0) is 6.42 Å². The average molecular weight is 312 g/mol. The third-order valence-electron chi connectivity index (χ3n) is 2.95. The molecule has 0 heterocycles. The zero-order valence-corrected chi connectivity index (χ0v) is 12.6. The van der Waals surface area contributed by atoms with E-state index in [1.54, 1.807) is 0 Å². The van der Waals surface area contributed by atoms with Crippen molar-refractivity contribution in [1.29, 1.82) is 0 Å². The summed E-state index contributed by atoms with van der Waals surface area (Å²) in [6.45, 7) is 3.97. The predicted molar refractivity (Wildman–Crippen MR) is 91.2 cm³/mol. The van der Waals surface area contributed by atoms with E-state index in [1.165, 1.54) is 21.9 Å². The summed E-state index contributed by atoms with van der Waals surface area (Å²) >= 11 is 0. The Morgan fingerprint density at radius 3 is 2.25 bits per heavy atom. The maximum absolute atomic E-state index is 3.97. The van der Waals surface area contributed by atoms with Crippen molar-refractivity contribution in [3.63, 3.8) is 0 Å². The van der Waals surface area contributed by atoms with Gasteiger partial charge in [-0.1, -0.05) is 56.5 Å². The SMILES string of the molecule is C.C=c1ccc2c(c1)Cc1ccccc1C=2.N.N.S.[Cl-]. The fourth-order valence-corrected chi connectivity index (χ4v) is 2.16. The number of hydrogen-bond acceptors (Lipinski definition) is 2. The smallest absolute Gasteiger partial charge is 0.00137 e. The molecule has 6 N–H and O–H groups in total. The Morgan fingerprint density at radius 2 is 1.55 bits per heavy atom. The maximum Gasteiger partial charge on any atom is -0.00137 e. The van der Waals surface area contributed by atoms with Gasteiger partial charge in [0.05, 0.1) is 0 Å². The molecule has 4 heteroatoms. The Labute approximate surface area is 134 Å². The largest absolute Gasteiger partial charge is 1.00 e. The Balaban J connectivity index is -0.000000578. The molecule has 0 amide bonds. The molecule has 1 aliphatic carbocycles. The molecule has 2 aromatic rings. The minimum absolute atomic E-state index is 0. The van der Waals surface area contributed by atoms with Gasteiger partial charge in [-0.25, -0.2) is 0 Å².